The number of hydrogen-bond acceptors (Lipinski definition) is 2. The number of nitrogens with zero attached hydrogens (tertiary/aromatic N) is 1. The van der Waals surface area contributed by atoms with Crippen molar-refractivity contribution in [1.29, 1.82) is 5.26 Å². The van der Waals surface area contributed by atoms with Crippen molar-refractivity contribution in [2.24, 2.45) is 0 Å². The van der Waals surface area contributed by atoms with Crippen LogP contribution in [0.5, 0.6) is 0 Å². The maximum Gasteiger partial charge on any atom is 0.336 e. The number of hydrogen-bond donors (Lipinski definition) is 1. The van der Waals surface area contributed by atoms with Crippen LogP contribution in [0.4, 0.5) is 0 Å². The molecule has 0 saturated heterocycles. The van der Waals surface area contributed by atoms with Crippen molar-refractivity contribution in [2.75, 3.05) is 0 Å². The van der Waals surface area contributed by atoms with Crippen LogP contribution in [-0.4, -0.2) is 11.1 Å². The smallest absolute Gasteiger partial charge is 0.336 e. The molecule has 1 rings (SSSR count). The van der Waals surface area contributed by atoms with E-state index in [1.165, 1.54) is 6.07 Å². The van der Waals surface area contributed by atoms with E-state index in [0.717, 1.165) is 11.1 Å². The van der Waals surface area contributed by atoms with Gasteiger partial charge in [0.1, 0.15) is 0 Å². The van der Waals surface area contributed by atoms with E-state index in [1.807, 2.05) is 6.07 Å². The highest BCUT2D eigenvalue weighted by atomic mass is 79.9. The van der Waals surface area contributed by atoms with Gasteiger partial charge >= 0.3 is 5.97 Å². The van der Waals surface area contributed by atoms with E-state index in [9.17, 15) is 4.79 Å². The Balaban J connectivity index is 3.59. The van der Waals surface area contributed by atoms with Crippen molar-refractivity contribution in [3.63, 3.8) is 0 Å². The van der Waals surface area contributed by atoms with E-state index in [1.54, 1.807) is 13.8 Å². The van der Waals surface area contributed by atoms with E-state index >= 15 is 0 Å². The molecule has 0 unspecified atom stereocenters. The number of carboxylic acid groups (broad SMARTS) is 1. The molecule has 0 saturated carbocycles. The summed E-state index contributed by atoms with van der Waals surface area (Å²) in [5, 5.41) is 17.6. The van der Waals surface area contributed by atoms with Gasteiger partial charge in [-0.1, -0.05) is 0 Å². The summed E-state index contributed by atoms with van der Waals surface area (Å²) in [5.74, 6) is -1.03. The second kappa shape index (κ2) is 3.81. The predicted octanol–water partition coefficient (Wildman–Crippen LogP) is 2.64. The first-order chi connectivity index (χ1) is 6.49. The molecule has 1 aromatic carbocycles. The molecule has 0 aromatic heterocycles. The van der Waals surface area contributed by atoms with Crippen molar-refractivity contribution in [3.8, 4) is 6.07 Å². The van der Waals surface area contributed by atoms with E-state index < -0.39 is 5.97 Å². The quantitative estimate of drug-likeness (QED) is 0.837. The lowest BCUT2D eigenvalue weighted by Crippen LogP contribution is -2.02. The molecule has 1 aromatic rings. The average molecular weight is 254 g/mol. The lowest BCUT2D eigenvalue weighted by Gasteiger charge is -2.08. The van der Waals surface area contributed by atoms with Crippen LogP contribution in [0.1, 0.15) is 27.0 Å². The number of aromatic carboxylic acids is 1. The molecule has 0 heterocycles. The van der Waals surface area contributed by atoms with Gasteiger partial charge in [-0.25, -0.2) is 4.79 Å². The Bertz CT molecular complexity index is 446. The molecule has 0 atom stereocenters. The second-order valence-electron chi connectivity index (χ2n) is 2.95. The molecule has 0 fully saturated rings. The number of nitriles is 1. The normalized spacial score (nSPS) is 9.57. The van der Waals surface area contributed by atoms with E-state index in [-0.39, 0.29) is 5.56 Å². The summed E-state index contributed by atoms with van der Waals surface area (Å²) in [6.07, 6.45) is 0. The molecule has 14 heavy (non-hydrogen) atoms. The van der Waals surface area contributed by atoms with Crippen LogP contribution in [0, 0.1) is 25.2 Å². The minimum atomic E-state index is -1.03. The summed E-state index contributed by atoms with van der Waals surface area (Å²) >= 11 is 3.20. The minimum Gasteiger partial charge on any atom is -0.478 e. The molecule has 0 aliphatic rings. The van der Waals surface area contributed by atoms with Crippen LogP contribution in [-0.2, 0) is 0 Å². The topological polar surface area (TPSA) is 61.1 Å². The molecule has 4 heteroatoms. The third-order valence-corrected chi connectivity index (χ3v) is 3.19. The van der Waals surface area contributed by atoms with Gasteiger partial charge in [0.15, 0.2) is 0 Å². The van der Waals surface area contributed by atoms with Crippen molar-refractivity contribution in [2.45, 2.75) is 13.8 Å². The molecule has 0 radical (unpaired) electrons. The molecule has 0 amide bonds. The molecular weight excluding hydrogens is 246 g/mol. The fourth-order valence-electron chi connectivity index (χ4n) is 1.16. The number of benzene rings is 1. The lowest BCUT2D eigenvalue weighted by atomic mass is 10.0. The number of halogens is 1. The summed E-state index contributed by atoms with van der Waals surface area (Å²) in [7, 11) is 0. The largest absolute Gasteiger partial charge is 0.478 e. The Kier molecular flexibility index (Phi) is 2.92. The van der Waals surface area contributed by atoms with Crippen LogP contribution in [0.3, 0.4) is 0 Å². The van der Waals surface area contributed by atoms with Crippen molar-refractivity contribution < 1.29 is 9.90 Å². The second-order valence-corrected chi connectivity index (χ2v) is 3.75. The monoisotopic (exact) mass is 253 g/mol. The molecule has 72 valence electrons. The van der Waals surface area contributed by atoms with Crippen molar-refractivity contribution in [1.82, 2.24) is 0 Å². The van der Waals surface area contributed by atoms with Crippen LogP contribution in [0.25, 0.3) is 0 Å². The molecule has 0 spiro atoms. The van der Waals surface area contributed by atoms with Gasteiger partial charge in [0, 0.05) is 4.47 Å². The predicted molar refractivity (Wildman–Crippen MR) is 55.3 cm³/mol. The summed E-state index contributed by atoms with van der Waals surface area (Å²) < 4.78 is 0.543. The maximum atomic E-state index is 10.8. The van der Waals surface area contributed by atoms with Crippen LogP contribution < -0.4 is 0 Å². The zero-order chi connectivity index (χ0) is 10.9. The third-order valence-electron chi connectivity index (χ3n) is 2.17. The first kappa shape index (κ1) is 10.7. The SMILES string of the molecule is Cc1c(C#N)cc(C(=O)O)c(Br)c1C. The fraction of sp³-hybridized carbons (Fsp3) is 0.200. The van der Waals surface area contributed by atoms with Gasteiger partial charge in [0.25, 0.3) is 0 Å². The minimum absolute atomic E-state index is 0.129. The Labute approximate surface area is 90.1 Å². The Morgan fingerprint density at radius 1 is 1.50 bits per heavy atom. The highest BCUT2D eigenvalue weighted by molar-refractivity contribution is 9.10. The zero-order valence-corrected chi connectivity index (χ0v) is 9.34. The number of carbonyl (C=O) groups is 1. The highest BCUT2D eigenvalue weighted by Gasteiger charge is 2.14. The molecule has 1 N–H and O–H groups in total. The first-order valence-corrected chi connectivity index (χ1v) is 4.71. The van der Waals surface area contributed by atoms with Gasteiger partial charge in [-0.15, -0.1) is 0 Å². The fourth-order valence-corrected chi connectivity index (χ4v) is 1.74. The summed E-state index contributed by atoms with van der Waals surface area (Å²) in [5.41, 5.74) is 2.14. The van der Waals surface area contributed by atoms with Crippen LogP contribution >= 0.6 is 15.9 Å². The van der Waals surface area contributed by atoms with Crippen molar-refractivity contribution in [3.05, 3.63) is 32.8 Å². The molecule has 3 nitrogen and oxygen atoms in total. The van der Waals surface area contributed by atoms with E-state index in [0.29, 0.717) is 10.0 Å². The Hall–Kier alpha value is -1.34. The zero-order valence-electron chi connectivity index (χ0n) is 7.76. The van der Waals surface area contributed by atoms with Gasteiger partial charge < -0.3 is 5.11 Å². The van der Waals surface area contributed by atoms with Crippen LogP contribution in [0.2, 0.25) is 0 Å². The summed E-state index contributed by atoms with van der Waals surface area (Å²) in [6, 6.07) is 3.36. The highest BCUT2D eigenvalue weighted by Crippen LogP contribution is 2.26. The maximum absolute atomic E-state index is 10.8. The van der Waals surface area contributed by atoms with Gasteiger partial charge in [0.2, 0.25) is 0 Å². The number of carboxylic acids is 1. The molecule has 0 bridgehead atoms. The summed E-state index contributed by atoms with van der Waals surface area (Å²) in [4.78, 5) is 10.8. The van der Waals surface area contributed by atoms with E-state index in [4.69, 9.17) is 10.4 Å². The van der Waals surface area contributed by atoms with Crippen LogP contribution in [0.15, 0.2) is 10.5 Å². The third kappa shape index (κ3) is 1.64. The molecular formula is C10H8BrNO2. The van der Waals surface area contributed by atoms with Gasteiger partial charge in [0.05, 0.1) is 17.2 Å². The number of rotatable bonds is 1. The molecule has 0 aliphatic carbocycles. The van der Waals surface area contributed by atoms with Gasteiger partial charge in [-0.05, 0) is 47.0 Å². The standard InChI is InChI=1S/C10H8BrNO2/c1-5-6(2)9(11)8(10(13)14)3-7(5)4-12/h3H,1-2H3,(H,13,14). The first-order valence-electron chi connectivity index (χ1n) is 3.92. The summed E-state index contributed by atoms with van der Waals surface area (Å²) in [6.45, 7) is 3.58. The lowest BCUT2D eigenvalue weighted by molar-refractivity contribution is 0.0695. The van der Waals surface area contributed by atoms with E-state index in [2.05, 4.69) is 15.9 Å². The Morgan fingerprint density at radius 2 is 2.07 bits per heavy atom. The van der Waals surface area contributed by atoms with Gasteiger partial charge in [-0.3, -0.25) is 0 Å². The van der Waals surface area contributed by atoms with Gasteiger partial charge in [-0.2, -0.15) is 5.26 Å². The Morgan fingerprint density at radius 3 is 2.50 bits per heavy atom. The average Bonchev–Trinajstić information content (AvgIpc) is 2.14. The molecule has 0 aliphatic heterocycles. The van der Waals surface area contributed by atoms with Crippen molar-refractivity contribution >= 4 is 21.9 Å².